The summed E-state index contributed by atoms with van der Waals surface area (Å²) in [7, 11) is 0. The van der Waals surface area contributed by atoms with Crippen LogP contribution in [-0.2, 0) is 0 Å². The Bertz CT molecular complexity index is 422. The average Bonchev–Trinajstić information content (AvgIpc) is 2.26. The van der Waals surface area contributed by atoms with E-state index in [-0.39, 0.29) is 0 Å². The highest BCUT2D eigenvalue weighted by atomic mass is 15.1. The van der Waals surface area contributed by atoms with Crippen LogP contribution < -0.4 is 11.1 Å². The van der Waals surface area contributed by atoms with Crippen LogP contribution >= 0.6 is 0 Å². The number of hydrogen-bond donors (Lipinski definition) is 2. The molecule has 0 atom stereocenters. The van der Waals surface area contributed by atoms with Gasteiger partial charge in [-0.1, -0.05) is 18.2 Å². The van der Waals surface area contributed by atoms with E-state index in [1.165, 1.54) is 0 Å². The van der Waals surface area contributed by atoms with Crippen LogP contribution in [0.2, 0.25) is 0 Å². The van der Waals surface area contributed by atoms with E-state index in [0.29, 0.717) is 6.54 Å². The molecule has 72 valence electrons. The molecule has 0 saturated heterocycles. The van der Waals surface area contributed by atoms with Gasteiger partial charge < -0.3 is 11.1 Å². The first-order valence-electron chi connectivity index (χ1n) is 4.56. The number of nitrogens with one attached hydrogen (secondary N) is 1. The second-order valence-corrected chi connectivity index (χ2v) is 2.99. The summed E-state index contributed by atoms with van der Waals surface area (Å²) in [5, 5.41) is 12.2. The van der Waals surface area contributed by atoms with E-state index < -0.39 is 0 Å². The molecule has 0 spiro atoms. The molecule has 1 aromatic heterocycles. The van der Waals surface area contributed by atoms with Crippen molar-refractivity contribution >= 4 is 16.6 Å². The lowest BCUT2D eigenvalue weighted by Crippen LogP contribution is -2.13. The monoisotopic (exact) mass is 188 g/mol. The minimum absolute atomic E-state index is 0.608. The minimum atomic E-state index is 0.608. The topological polar surface area (TPSA) is 63.8 Å². The highest BCUT2D eigenvalue weighted by molar-refractivity contribution is 5.90. The van der Waals surface area contributed by atoms with Crippen molar-refractivity contribution < 1.29 is 0 Å². The predicted molar refractivity (Wildman–Crippen MR) is 57.1 cm³/mol. The number of anilines is 1. The zero-order valence-corrected chi connectivity index (χ0v) is 7.77. The largest absolute Gasteiger partial charge is 0.382 e. The van der Waals surface area contributed by atoms with Gasteiger partial charge in [0.25, 0.3) is 0 Å². The quantitative estimate of drug-likeness (QED) is 0.754. The van der Waals surface area contributed by atoms with Crippen LogP contribution in [0, 0.1) is 0 Å². The summed E-state index contributed by atoms with van der Waals surface area (Å²) >= 11 is 0. The van der Waals surface area contributed by atoms with Crippen molar-refractivity contribution in [3.8, 4) is 0 Å². The van der Waals surface area contributed by atoms with Crippen LogP contribution in [0.4, 0.5) is 5.69 Å². The standard InChI is InChI=1S/C10H12N4/c11-5-6-12-10-7-13-14-9-4-2-1-3-8(9)10/h1-4,7H,5-6,11H2,(H,12,14). The molecule has 4 nitrogen and oxygen atoms in total. The maximum Gasteiger partial charge on any atom is 0.0950 e. The van der Waals surface area contributed by atoms with Gasteiger partial charge >= 0.3 is 0 Å². The van der Waals surface area contributed by atoms with E-state index in [1.807, 2.05) is 24.3 Å². The molecule has 0 aliphatic heterocycles. The van der Waals surface area contributed by atoms with Crippen molar-refractivity contribution in [2.75, 3.05) is 18.4 Å². The van der Waals surface area contributed by atoms with Gasteiger partial charge in [0.15, 0.2) is 0 Å². The molecule has 0 amide bonds. The molecule has 0 radical (unpaired) electrons. The molecule has 2 rings (SSSR count). The number of hydrogen-bond acceptors (Lipinski definition) is 4. The van der Waals surface area contributed by atoms with Crippen LogP contribution in [-0.4, -0.2) is 23.3 Å². The summed E-state index contributed by atoms with van der Waals surface area (Å²) in [6.07, 6.45) is 1.72. The lowest BCUT2D eigenvalue weighted by atomic mass is 10.2. The molecule has 0 unspecified atom stereocenters. The molecular weight excluding hydrogens is 176 g/mol. The molecule has 0 saturated carbocycles. The smallest absolute Gasteiger partial charge is 0.0950 e. The zero-order chi connectivity index (χ0) is 9.80. The van der Waals surface area contributed by atoms with Crippen molar-refractivity contribution in [1.82, 2.24) is 10.2 Å². The fraction of sp³-hybridized carbons (Fsp3) is 0.200. The van der Waals surface area contributed by atoms with E-state index in [0.717, 1.165) is 23.1 Å². The predicted octanol–water partition coefficient (Wildman–Crippen LogP) is 1.00. The van der Waals surface area contributed by atoms with Gasteiger partial charge in [0.2, 0.25) is 0 Å². The fourth-order valence-electron chi connectivity index (χ4n) is 1.35. The molecule has 3 N–H and O–H groups in total. The average molecular weight is 188 g/mol. The van der Waals surface area contributed by atoms with Crippen LogP contribution in [0.1, 0.15) is 0 Å². The van der Waals surface area contributed by atoms with E-state index in [1.54, 1.807) is 6.20 Å². The Kier molecular flexibility index (Phi) is 2.55. The highest BCUT2D eigenvalue weighted by Gasteiger charge is 1.99. The first-order chi connectivity index (χ1) is 6.92. The maximum absolute atomic E-state index is 5.42. The third kappa shape index (κ3) is 1.65. The summed E-state index contributed by atoms with van der Waals surface area (Å²) in [6.45, 7) is 1.35. The first kappa shape index (κ1) is 8.90. The summed E-state index contributed by atoms with van der Waals surface area (Å²) in [6, 6.07) is 7.89. The lowest BCUT2D eigenvalue weighted by molar-refractivity contribution is 1.01. The summed E-state index contributed by atoms with van der Waals surface area (Å²) < 4.78 is 0. The van der Waals surface area contributed by atoms with Gasteiger partial charge in [0.05, 0.1) is 17.4 Å². The van der Waals surface area contributed by atoms with E-state index in [4.69, 9.17) is 5.73 Å². The SMILES string of the molecule is NCCNc1cnnc2ccccc12. The number of nitrogens with two attached hydrogens (primary N) is 1. The van der Waals surface area contributed by atoms with Crippen LogP contribution in [0.3, 0.4) is 0 Å². The number of nitrogens with zero attached hydrogens (tertiary/aromatic N) is 2. The number of fused-ring (bicyclic) bond motifs is 1. The van der Waals surface area contributed by atoms with Crippen molar-refractivity contribution in [1.29, 1.82) is 0 Å². The normalized spacial score (nSPS) is 10.4. The number of aromatic nitrogens is 2. The van der Waals surface area contributed by atoms with Gasteiger partial charge in [-0.15, -0.1) is 0 Å². The molecule has 1 heterocycles. The Morgan fingerprint density at radius 1 is 1.29 bits per heavy atom. The second-order valence-electron chi connectivity index (χ2n) is 2.99. The molecule has 4 heteroatoms. The molecule has 0 aliphatic rings. The number of benzene rings is 1. The summed E-state index contributed by atoms with van der Waals surface area (Å²) in [4.78, 5) is 0. The molecule has 14 heavy (non-hydrogen) atoms. The van der Waals surface area contributed by atoms with E-state index in [2.05, 4.69) is 15.5 Å². The third-order valence-corrected chi connectivity index (χ3v) is 2.01. The van der Waals surface area contributed by atoms with Crippen LogP contribution in [0.5, 0.6) is 0 Å². The lowest BCUT2D eigenvalue weighted by Gasteiger charge is -2.06. The molecule has 0 fully saturated rings. The van der Waals surface area contributed by atoms with Gasteiger partial charge in [-0.2, -0.15) is 10.2 Å². The van der Waals surface area contributed by atoms with Crippen molar-refractivity contribution in [2.24, 2.45) is 5.73 Å². The van der Waals surface area contributed by atoms with Gasteiger partial charge in [0.1, 0.15) is 0 Å². The van der Waals surface area contributed by atoms with Gasteiger partial charge in [0, 0.05) is 18.5 Å². The zero-order valence-electron chi connectivity index (χ0n) is 7.77. The molecule has 2 aromatic rings. The molecule has 0 aliphatic carbocycles. The van der Waals surface area contributed by atoms with Gasteiger partial charge in [-0.25, -0.2) is 0 Å². The highest BCUT2D eigenvalue weighted by Crippen LogP contribution is 2.18. The maximum atomic E-state index is 5.42. The Morgan fingerprint density at radius 2 is 2.14 bits per heavy atom. The Hall–Kier alpha value is -1.68. The second kappa shape index (κ2) is 4.02. The van der Waals surface area contributed by atoms with Crippen LogP contribution in [0.15, 0.2) is 30.5 Å². The Labute approximate surface area is 82.1 Å². The van der Waals surface area contributed by atoms with E-state index >= 15 is 0 Å². The van der Waals surface area contributed by atoms with E-state index in [9.17, 15) is 0 Å². The minimum Gasteiger partial charge on any atom is -0.382 e. The summed E-state index contributed by atoms with van der Waals surface area (Å²) in [5.74, 6) is 0. The Morgan fingerprint density at radius 3 is 3.00 bits per heavy atom. The van der Waals surface area contributed by atoms with Gasteiger partial charge in [-0.05, 0) is 6.07 Å². The molecule has 1 aromatic carbocycles. The van der Waals surface area contributed by atoms with Crippen molar-refractivity contribution in [2.45, 2.75) is 0 Å². The number of rotatable bonds is 3. The van der Waals surface area contributed by atoms with Crippen molar-refractivity contribution in [3.05, 3.63) is 30.5 Å². The molecule has 0 bridgehead atoms. The molecular formula is C10H12N4. The Balaban J connectivity index is 2.43. The van der Waals surface area contributed by atoms with Gasteiger partial charge in [-0.3, -0.25) is 0 Å². The fourth-order valence-corrected chi connectivity index (χ4v) is 1.35. The first-order valence-corrected chi connectivity index (χ1v) is 4.56. The third-order valence-electron chi connectivity index (χ3n) is 2.01. The van der Waals surface area contributed by atoms with Crippen LogP contribution in [0.25, 0.3) is 10.9 Å². The summed E-state index contributed by atoms with van der Waals surface area (Å²) in [5.41, 5.74) is 7.31. The van der Waals surface area contributed by atoms with Crippen molar-refractivity contribution in [3.63, 3.8) is 0 Å².